The zero-order chi connectivity index (χ0) is 21.1. The van der Waals surface area contributed by atoms with Crippen molar-refractivity contribution >= 4 is 17.3 Å². The summed E-state index contributed by atoms with van der Waals surface area (Å²) in [5.74, 6) is 1.37. The molecule has 1 unspecified atom stereocenters. The molecule has 6 fully saturated rings. The van der Waals surface area contributed by atoms with Crippen molar-refractivity contribution in [2.24, 2.45) is 10.8 Å². The van der Waals surface area contributed by atoms with Gasteiger partial charge in [0.15, 0.2) is 0 Å². The van der Waals surface area contributed by atoms with E-state index in [0.717, 1.165) is 77.5 Å². The first-order chi connectivity index (χ1) is 14.4. The minimum atomic E-state index is 0.0231. The fourth-order valence-corrected chi connectivity index (χ4v) is 6.14. The lowest BCUT2D eigenvalue weighted by Gasteiger charge is -2.44. The fourth-order valence-electron chi connectivity index (χ4n) is 6.14. The summed E-state index contributed by atoms with van der Waals surface area (Å²) in [6, 6.07) is 0. The predicted molar refractivity (Wildman–Crippen MR) is 115 cm³/mol. The van der Waals surface area contributed by atoms with Gasteiger partial charge >= 0.3 is 0 Å². The van der Waals surface area contributed by atoms with Crippen LogP contribution in [0.15, 0.2) is 0 Å². The van der Waals surface area contributed by atoms with E-state index in [4.69, 9.17) is 4.74 Å². The summed E-state index contributed by atoms with van der Waals surface area (Å²) in [7, 11) is 0. The highest BCUT2D eigenvalue weighted by Crippen LogP contribution is 2.50. The number of hydrogen-bond acceptors (Lipinski definition) is 5. The first-order valence-corrected chi connectivity index (χ1v) is 12.3. The summed E-state index contributed by atoms with van der Waals surface area (Å²) in [6.07, 6.45) is 17.2. The fraction of sp³-hybridized carbons (Fsp3) is 0.880. The third-order valence-electron chi connectivity index (χ3n) is 8.59. The summed E-state index contributed by atoms with van der Waals surface area (Å²) in [5, 5.41) is 3.24. The highest BCUT2D eigenvalue weighted by molar-refractivity contribution is 5.80. The van der Waals surface area contributed by atoms with E-state index in [1.165, 1.54) is 38.5 Å². The number of hydrogen-bond donors (Lipinski definition) is 1. The van der Waals surface area contributed by atoms with Crippen molar-refractivity contribution in [1.82, 2.24) is 5.32 Å². The van der Waals surface area contributed by atoms with Gasteiger partial charge < -0.3 is 10.1 Å². The predicted octanol–water partition coefficient (Wildman–Crippen LogP) is 4.31. The Labute approximate surface area is 181 Å². The van der Waals surface area contributed by atoms with Crippen molar-refractivity contribution in [1.29, 1.82) is 0 Å². The number of ketones is 3. The number of ether oxygens (including phenoxy) is 1. The van der Waals surface area contributed by atoms with E-state index in [0.29, 0.717) is 34.6 Å². The molecule has 6 aliphatic rings. The zero-order valence-electron chi connectivity index (χ0n) is 18.6. The van der Waals surface area contributed by atoms with Crippen LogP contribution in [0, 0.1) is 10.8 Å². The molecule has 168 valence electrons. The van der Waals surface area contributed by atoms with E-state index in [2.05, 4.69) is 5.32 Å². The minimum Gasteiger partial charge on any atom is -0.374 e. The van der Waals surface area contributed by atoms with Crippen LogP contribution in [0.5, 0.6) is 0 Å². The lowest BCUT2D eigenvalue weighted by atomic mass is 9.61. The molecule has 2 heterocycles. The Hall–Kier alpha value is -1.07. The van der Waals surface area contributed by atoms with E-state index in [9.17, 15) is 14.4 Å². The normalized spacial score (nSPS) is 33.4. The smallest absolute Gasteiger partial charge is 0.135 e. The quantitative estimate of drug-likeness (QED) is 0.636. The van der Waals surface area contributed by atoms with Crippen molar-refractivity contribution in [3.63, 3.8) is 0 Å². The Morgan fingerprint density at radius 2 is 1.20 bits per heavy atom. The zero-order valence-corrected chi connectivity index (χ0v) is 18.6. The van der Waals surface area contributed by atoms with E-state index >= 15 is 0 Å². The Morgan fingerprint density at radius 3 is 1.57 bits per heavy atom. The van der Waals surface area contributed by atoms with Crippen LogP contribution in [0.4, 0.5) is 0 Å². The molecule has 5 heteroatoms. The van der Waals surface area contributed by atoms with Crippen molar-refractivity contribution in [2.75, 3.05) is 19.7 Å². The van der Waals surface area contributed by atoms with Gasteiger partial charge in [0.2, 0.25) is 0 Å². The molecule has 4 aliphatic carbocycles. The van der Waals surface area contributed by atoms with Crippen LogP contribution in [0.1, 0.15) is 103 Å². The number of nitrogens with one attached hydrogen (secondary N) is 1. The molecule has 2 aliphatic heterocycles. The summed E-state index contributed by atoms with van der Waals surface area (Å²) in [4.78, 5) is 32.9. The molecule has 0 amide bonds. The van der Waals surface area contributed by atoms with Gasteiger partial charge in [-0.1, -0.05) is 6.42 Å². The first-order valence-electron chi connectivity index (χ1n) is 12.3. The monoisotopic (exact) mass is 417 g/mol. The maximum absolute atomic E-state index is 11.0. The molecule has 3 spiro atoms. The highest BCUT2D eigenvalue weighted by Gasteiger charge is 2.42. The maximum Gasteiger partial charge on any atom is 0.135 e. The standard InChI is InChI=1S/C9H14O.C8H13NO.C8H12O2/c10-8-2-6-9(7-3-8)4-1-5-9;10-7-2-1-3-8(4-7)5-9-6-8;9-7-2-1-3-8(6-7)4-5-10-8/h1-7H2;9H,1-6H2;1-6H2. The van der Waals surface area contributed by atoms with E-state index < -0.39 is 0 Å². The number of carbonyl (C=O) groups is 3. The van der Waals surface area contributed by atoms with Crippen LogP contribution in [0.3, 0.4) is 0 Å². The molecule has 6 rings (SSSR count). The van der Waals surface area contributed by atoms with Crippen LogP contribution < -0.4 is 5.32 Å². The lowest BCUT2D eigenvalue weighted by molar-refractivity contribution is -0.171. The summed E-state index contributed by atoms with van der Waals surface area (Å²) < 4.78 is 5.41. The highest BCUT2D eigenvalue weighted by atomic mass is 16.5. The van der Waals surface area contributed by atoms with Crippen molar-refractivity contribution < 1.29 is 19.1 Å². The van der Waals surface area contributed by atoms with Gasteiger partial charge in [-0.15, -0.1) is 0 Å². The largest absolute Gasteiger partial charge is 0.374 e. The van der Waals surface area contributed by atoms with Gasteiger partial charge in [-0.2, -0.15) is 0 Å². The molecular weight excluding hydrogens is 378 g/mol. The second-order valence-corrected chi connectivity index (χ2v) is 10.9. The van der Waals surface area contributed by atoms with Crippen LogP contribution in [0.25, 0.3) is 0 Å². The van der Waals surface area contributed by atoms with Gasteiger partial charge in [0, 0.05) is 63.5 Å². The molecule has 0 aromatic rings. The van der Waals surface area contributed by atoms with Gasteiger partial charge in [-0.05, 0) is 56.8 Å². The molecule has 0 radical (unpaired) electrons. The second-order valence-electron chi connectivity index (χ2n) is 10.9. The van der Waals surface area contributed by atoms with Gasteiger partial charge in [0.05, 0.1) is 12.2 Å². The van der Waals surface area contributed by atoms with Gasteiger partial charge in [0.1, 0.15) is 17.3 Å². The SMILES string of the molecule is O=C1CCC2(CCC2)CC1.O=C1CCCC2(CCO2)C1.O=C1CCCC2(CNC2)C1. The summed E-state index contributed by atoms with van der Waals surface area (Å²) >= 11 is 0. The molecule has 1 atom stereocenters. The molecule has 30 heavy (non-hydrogen) atoms. The van der Waals surface area contributed by atoms with E-state index in [-0.39, 0.29) is 5.60 Å². The number of Topliss-reactive ketones (excluding diaryl/α,β-unsaturated/α-hetero) is 3. The third kappa shape index (κ3) is 5.21. The number of rotatable bonds is 0. The molecular formula is C25H39NO4. The second kappa shape index (κ2) is 9.20. The molecule has 0 aromatic heterocycles. The third-order valence-corrected chi connectivity index (χ3v) is 8.59. The van der Waals surface area contributed by atoms with Gasteiger partial charge in [0.25, 0.3) is 0 Å². The summed E-state index contributed by atoms with van der Waals surface area (Å²) in [5.41, 5.74) is 1.10. The average molecular weight is 418 g/mol. The molecule has 1 N–H and O–H groups in total. The Balaban J connectivity index is 0.000000109. The van der Waals surface area contributed by atoms with E-state index in [1.54, 1.807) is 0 Å². The minimum absolute atomic E-state index is 0.0231. The topological polar surface area (TPSA) is 72.5 Å². The van der Waals surface area contributed by atoms with Crippen LogP contribution in [-0.2, 0) is 19.1 Å². The Kier molecular flexibility index (Phi) is 6.79. The molecule has 4 saturated carbocycles. The number of carbonyl (C=O) groups excluding carboxylic acids is 3. The van der Waals surface area contributed by atoms with E-state index in [1.807, 2.05) is 0 Å². The van der Waals surface area contributed by atoms with Crippen LogP contribution in [0.2, 0.25) is 0 Å². The Morgan fingerprint density at radius 1 is 0.600 bits per heavy atom. The Bertz CT molecular complexity index is 608. The molecule has 5 nitrogen and oxygen atoms in total. The summed E-state index contributed by atoms with van der Waals surface area (Å²) in [6.45, 7) is 3.03. The molecule has 2 saturated heterocycles. The molecule has 0 aromatic carbocycles. The average Bonchev–Trinajstić information content (AvgIpc) is 2.66. The van der Waals surface area contributed by atoms with Crippen molar-refractivity contribution in [3.8, 4) is 0 Å². The van der Waals surface area contributed by atoms with Crippen LogP contribution >= 0.6 is 0 Å². The van der Waals surface area contributed by atoms with Crippen molar-refractivity contribution in [2.45, 2.75) is 108 Å². The lowest BCUT2D eigenvalue weighted by Crippen LogP contribution is -2.55. The van der Waals surface area contributed by atoms with Gasteiger partial charge in [-0.3, -0.25) is 14.4 Å². The maximum atomic E-state index is 11.0. The van der Waals surface area contributed by atoms with Crippen LogP contribution in [-0.4, -0.2) is 42.6 Å². The first kappa shape index (κ1) is 22.1. The molecule has 0 bridgehead atoms. The van der Waals surface area contributed by atoms with Gasteiger partial charge in [-0.25, -0.2) is 0 Å². The van der Waals surface area contributed by atoms with Crippen molar-refractivity contribution in [3.05, 3.63) is 0 Å².